The maximum atomic E-state index is 10.5. The monoisotopic (exact) mass is 310 g/mol. The molecule has 23 heavy (non-hydrogen) atoms. The molecule has 0 aliphatic heterocycles. The molecule has 0 saturated heterocycles. The maximum Gasteiger partial charge on any atom is 0.341 e. The van der Waals surface area contributed by atoms with Gasteiger partial charge in [-0.3, -0.25) is 0 Å². The van der Waals surface area contributed by atoms with Crippen LogP contribution in [0.3, 0.4) is 0 Å². The second kappa shape index (κ2) is 6.31. The predicted octanol–water partition coefficient (Wildman–Crippen LogP) is 3.18. The number of aromatic nitrogens is 2. The number of nitrogens with zero attached hydrogens (tertiary/aromatic N) is 2. The van der Waals surface area contributed by atoms with Gasteiger partial charge in [-0.15, -0.1) is 0 Å². The van der Waals surface area contributed by atoms with E-state index >= 15 is 0 Å². The van der Waals surface area contributed by atoms with Crippen molar-refractivity contribution in [3.63, 3.8) is 0 Å². The number of hydrogen-bond acceptors (Lipinski definition) is 5. The lowest BCUT2D eigenvalue weighted by Gasteiger charge is -2.02. The number of hydrogen-bond donors (Lipinski definition) is 1. The van der Waals surface area contributed by atoms with E-state index in [1.54, 1.807) is 24.3 Å². The first-order valence-corrected chi connectivity index (χ1v) is 6.98. The van der Waals surface area contributed by atoms with Crippen molar-refractivity contribution in [2.24, 2.45) is 0 Å². The second-order valence-corrected chi connectivity index (χ2v) is 4.94. The van der Waals surface area contributed by atoms with Gasteiger partial charge < -0.3 is 14.4 Å². The minimum absolute atomic E-state index is 0.378. The summed E-state index contributed by atoms with van der Waals surface area (Å²) in [6.07, 6.45) is 0. The predicted molar refractivity (Wildman–Crippen MR) is 83.0 cm³/mol. The molecule has 116 valence electrons. The summed E-state index contributed by atoms with van der Waals surface area (Å²) in [7, 11) is 0. The number of aryl methyl sites for hydroxylation is 1. The standard InChI is InChI=1S/C17H14N2O4/c1-11-4-2-3-5-14(11)16-18-17(23-19-16)12-6-8-13(9-7-12)22-10-15(20)21/h2-9H,10H2,1H3,(H,20,21). The summed E-state index contributed by atoms with van der Waals surface area (Å²) < 4.78 is 10.4. The van der Waals surface area contributed by atoms with E-state index in [1.807, 2.05) is 31.2 Å². The highest BCUT2D eigenvalue weighted by Crippen LogP contribution is 2.25. The summed E-state index contributed by atoms with van der Waals surface area (Å²) in [4.78, 5) is 14.9. The summed E-state index contributed by atoms with van der Waals surface area (Å²) in [5.74, 6) is 0.376. The summed E-state index contributed by atoms with van der Waals surface area (Å²) in [6, 6.07) is 14.6. The molecular formula is C17H14N2O4. The Morgan fingerprint density at radius 2 is 1.91 bits per heavy atom. The normalized spacial score (nSPS) is 10.5. The zero-order valence-corrected chi connectivity index (χ0v) is 12.4. The molecule has 1 N–H and O–H groups in total. The summed E-state index contributed by atoms with van der Waals surface area (Å²) >= 11 is 0. The van der Waals surface area contributed by atoms with Crippen molar-refractivity contribution < 1.29 is 19.2 Å². The summed E-state index contributed by atoms with van der Waals surface area (Å²) in [5, 5.41) is 12.6. The van der Waals surface area contributed by atoms with Crippen molar-refractivity contribution in [2.45, 2.75) is 6.92 Å². The Hall–Kier alpha value is -3.15. The zero-order valence-electron chi connectivity index (χ0n) is 12.4. The van der Waals surface area contributed by atoms with Crippen molar-refractivity contribution >= 4 is 5.97 Å². The van der Waals surface area contributed by atoms with Gasteiger partial charge in [0, 0.05) is 11.1 Å². The number of ether oxygens (including phenoxy) is 1. The van der Waals surface area contributed by atoms with Crippen LogP contribution in [-0.4, -0.2) is 27.8 Å². The van der Waals surface area contributed by atoms with Gasteiger partial charge >= 0.3 is 5.97 Å². The molecule has 0 bridgehead atoms. The molecule has 0 fully saturated rings. The molecule has 1 aromatic heterocycles. The minimum atomic E-state index is -1.02. The topological polar surface area (TPSA) is 85.5 Å². The number of carboxylic acids is 1. The highest BCUT2D eigenvalue weighted by atomic mass is 16.5. The van der Waals surface area contributed by atoms with Gasteiger partial charge in [-0.25, -0.2) is 4.79 Å². The van der Waals surface area contributed by atoms with E-state index in [1.165, 1.54) is 0 Å². The van der Waals surface area contributed by atoms with E-state index in [0.717, 1.165) is 16.7 Å². The van der Waals surface area contributed by atoms with Crippen LogP contribution in [0.25, 0.3) is 22.8 Å². The van der Waals surface area contributed by atoms with Crippen LogP contribution in [-0.2, 0) is 4.79 Å². The van der Waals surface area contributed by atoms with Gasteiger partial charge in [-0.1, -0.05) is 29.4 Å². The smallest absolute Gasteiger partial charge is 0.341 e. The van der Waals surface area contributed by atoms with E-state index in [9.17, 15) is 4.79 Å². The second-order valence-electron chi connectivity index (χ2n) is 4.94. The summed E-state index contributed by atoms with van der Waals surface area (Å²) in [6.45, 7) is 1.61. The van der Waals surface area contributed by atoms with Gasteiger partial charge in [0.1, 0.15) is 5.75 Å². The molecule has 6 nitrogen and oxygen atoms in total. The molecule has 0 radical (unpaired) electrons. The first-order valence-electron chi connectivity index (χ1n) is 6.98. The molecule has 1 heterocycles. The van der Waals surface area contributed by atoms with Crippen LogP contribution in [0.1, 0.15) is 5.56 Å². The first kappa shape index (κ1) is 14.8. The van der Waals surface area contributed by atoms with Crippen LogP contribution in [0.15, 0.2) is 53.1 Å². The van der Waals surface area contributed by atoms with Gasteiger partial charge in [-0.05, 0) is 36.8 Å². The van der Waals surface area contributed by atoms with E-state index in [0.29, 0.717) is 17.5 Å². The van der Waals surface area contributed by atoms with Crippen molar-refractivity contribution in [2.75, 3.05) is 6.61 Å². The molecule has 0 unspecified atom stereocenters. The number of carboxylic acid groups (broad SMARTS) is 1. The average molecular weight is 310 g/mol. The van der Waals surface area contributed by atoms with Gasteiger partial charge in [0.2, 0.25) is 5.82 Å². The molecular weight excluding hydrogens is 296 g/mol. The van der Waals surface area contributed by atoms with Crippen LogP contribution in [0.2, 0.25) is 0 Å². The fourth-order valence-electron chi connectivity index (χ4n) is 2.11. The Balaban J connectivity index is 1.80. The third-order valence-electron chi connectivity index (χ3n) is 3.28. The summed E-state index contributed by atoms with van der Waals surface area (Å²) in [5.41, 5.74) is 2.72. The molecule has 0 atom stereocenters. The maximum absolute atomic E-state index is 10.5. The molecule has 0 spiro atoms. The third kappa shape index (κ3) is 3.37. The largest absolute Gasteiger partial charge is 0.482 e. The first-order chi connectivity index (χ1) is 11.1. The lowest BCUT2D eigenvalue weighted by Crippen LogP contribution is -2.09. The SMILES string of the molecule is Cc1ccccc1-c1noc(-c2ccc(OCC(=O)O)cc2)n1. The number of aliphatic carboxylic acids is 1. The molecule has 0 aliphatic carbocycles. The van der Waals surface area contributed by atoms with Crippen molar-refractivity contribution in [1.82, 2.24) is 10.1 Å². The number of carbonyl (C=O) groups is 1. The molecule has 3 rings (SSSR count). The number of rotatable bonds is 5. The molecule has 6 heteroatoms. The Morgan fingerprint density at radius 1 is 1.17 bits per heavy atom. The minimum Gasteiger partial charge on any atom is -0.482 e. The fraction of sp³-hybridized carbons (Fsp3) is 0.118. The van der Waals surface area contributed by atoms with Gasteiger partial charge in [0.05, 0.1) is 0 Å². The van der Waals surface area contributed by atoms with Crippen molar-refractivity contribution in [3.8, 4) is 28.6 Å². The van der Waals surface area contributed by atoms with Crippen LogP contribution in [0.5, 0.6) is 5.75 Å². The quantitative estimate of drug-likeness (QED) is 0.779. The van der Waals surface area contributed by atoms with Crippen LogP contribution < -0.4 is 4.74 Å². The molecule has 3 aromatic rings. The Kier molecular flexibility index (Phi) is 4.05. The van der Waals surface area contributed by atoms with E-state index in [4.69, 9.17) is 14.4 Å². The van der Waals surface area contributed by atoms with Gasteiger partial charge in [-0.2, -0.15) is 4.98 Å². The van der Waals surface area contributed by atoms with Crippen LogP contribution >= 0.6 is 0 Å². The Morgan fingerprint density at radius 3 is 2.61 bits per heavy atom. The Bertz CT molecular complexity index is 825. The Labute approximate surface area is 132 Å². The zero-order chi connectivity index (χ0) is 16.2. The molecule has 2 aromatic carbocycles. The molecule has 0 aliphatic rings. The molecule has 0 amide bonds. The van der Waals surface area contributed by atoms with Crippen molar-refractivity contribution in [1.29, 1.82) is 0 Å². The van der Waals surface area contributed by atoms with Gasteiger partial charge in [0.25, 0.3) is 5.89 Å². The third-order valence-corrected chi connectivity index (χ3v) is 3.28. The highest BCUT2D eigenvalue weighted by Gasteiger charge is 2.12. The lowest BCUT2D eigenvalue weighted by molar-refractivity contribution is -0.139. The van der Waals surface area contributed by atoms with Crippen molar-refractivity contribution in [3.05, 3.63) is 54.1 Å². The van der Waals surface area contributed by atoms with Gasteiger partial charge in [0.15, 0.2) is 6.61 Å². The highest BCUT2D eigenvalue weighted by molar-refractivity contribution is 5.68. The fourth-order valence-corrected chi connectivity index (χ4v) is 2.11. The molecule has 0 saturated carbocycles. The van der Waals surface area contributed by atoms with Crippen LogP contribution in [0, 0.1) is 6.92 Å². The van der Waals surface area contributed by atoms with Crippen LogP contribution in [0.4, 0.5) is 0 Å². The van der Waals surface area contributed by atoms with E-state index in [2.05, 4.69) is 10.1 Å². The average Bonchev–Trinajstić information content (AvgIpc) is 3.03. The lowest BCUT2D eigenvalue weighted by atomic mass is 10.1. The number of benzene rings is 2. The van der Waals surface area contributed by atoms with E-state index in [-0.39, 0.29) is 6.61 Å². The van der Waals surface area contributed by atoms with E-state index < -0.39 is 5.97 Å².